The lowest BCUT2D eigenvalue weighted by Crippen LogP contribution is -2.37. The van der Waals surface area contributed by atoms with Gasteiger partial charge >= 0.3 is 5.97 Å². The van der Waals surface area contributed by atoms with Crippen LogP contribution in [0.25, 0.3) is 0 Å². The first-order valence-corrected chi connectivity index (χ1v) is 10.8. The van der Waals surface area contributed by atoms with Gasteiger partial charge in [-0.2, -0.15) is 0 Å². The maximum Gasteiger partial charge on any atom is 0.377 e. The van der Waals surface area contributed by atoms with Crippen molar-refractivity contribution in [3.05, 3.63) is 45.6 Å². The lowest BCUT2D eigenvalue weighted by Gasteiger charge is -2.27. The molecule has 10 heteroatoms. The summed E-state index contributed by atoms with van der Waals surface area (Å²) in [5.41, 5.74) is 0.726. The number of carbonyl (C=O) groups is 2. The topological polar surface area (TPSA) is 77.5 Å². The van der Waals surface area contributed by atoms with Crippen molar-refractivity contribution in [3.63, 3.8) is 0 Å². The van der Waals surface area contributed by atoms with Crippen LogP contribution in [0.2, 0.25) is 10.0 Å². The molecule has 8 nitrogen and oxygen atoms in total. The molecule has 170 valence electrons. The molecule has 2 heterocycles. The van der Waals surface area contributed by atoms with Gasteiger partial charge < -0.3 is 14.2 Å². The molecule has 0 atom stereocenters. The van der Waals surface area contributed by atoms with E-state index in [1.165, 1.54) is 5.06 Å². The number of benzene rings is 1. The Balaban J connectivity index is 1.64. The third-order valence-corrected chi connectivity index (χ3v) is 5.41. The second-order valence-electron chi connectivity index (χ2n) is 7.66. The van der Waals surface area contributed by atoms with E-state index in [0.29, 0.717) is 16.7 Å². The van der Waals surface area contributed by atoms with Crippen LogP contribution in [0.1, 0.15) is 25.8 Å². The van der Waals surface area contributed by atoms with Crippen LogP contribution >= 0.6 is 23.2 Å². The van der Waals surface area contributed by atoms with E-state index in [0.717, 1.165) is 50.9 Å². The second-order valence-corrected chi connectivity index (χ2v) is 8.48. The molecule has 0 bridgehead atoms. The van der Waals surface area contributed by atoms with Crippen LogP contribution in [-0.2, 0) is 35.2 Å². The molecule has 1 aromatic rings. The van der Waals surface area contributed by atoms with E-state index >= 15 is 0 Å². The Bertz CT molecular complexity index is 839. The Hall–Kier alpha value is -1.84. The summed E-state index contributed by atoms with van der Waals surface area (Å²) in [5, 5.41) is 1.97. The van der Waals surface area contributed by atoms with Crippen molar-refractivity contribution in [2.75, 3.05) is 39.5 Å². The van der Waals surface area contributed by atoms with E-state index in [1.54, 1.807) is 32.0 Å². The maximum absolute atomic E-state index is 12.9. The van der Waals surface area contributed by atoms with Crippen LogP contribution in [0.4, 0.5) is 0 Å². The smallest absolute Gasteiger partial charge is 0.377 e. The summed E-state index contributed by atoms with van der Waals surface area (Å²) in [4.78, 5) is 32.9. The van der Waals surface area contributed by atoms with Crippen LogP contribution in [0.5, 0.6) is 0 Å². The third kappa shape index (κ3) is 7.08. The third-order valence-electron chi connectivity index (χ3n) is 4.68. The zero-order chi connectivity index (χ0) is 22.4. The monoisotopic (exact) mass is 472 g/mol. The van der Waals surface area contributed by atoms with Crippen molar-refractivity contribution in [2.45, 2.75) is 32.6 Å². The van der Waals surface area contributed by atoms with E-state index < -0.39 is 17.7 Å². The molecule has 2 aliphatic heterocycles. The quantitative estimate of drug-likeness (QED) is 0.249. The number of hydrogen-bond acceptors (Lipinski definition) is 7. The maximum atomic E-state index is 12.9. The number of nitrogens with zero attached hydrogens (tertiary/aromatic N) is 2. The summed E-state index contributed by atoms with van der Waals surface area (Å²) >= 11 is 12.1. The van der Waals surface area contributed by atoms with E-state index in [1.807, 2.05) is 0 Å². The molecule has 1 aromatic carbocycles. The van der Waals surface area contributed by atoms with Gasteiger partial charge in [-0.3, -0.25) is 14.5 Å². The lowest BCUT2D eigenvalue weighted by atomic mass is 10.2. The lowest BCUT2D eigenvalue weighted by molar-refractivity contribution is -0.186. The molecule has 0 radical (unpaired) electrons. The van der Waals surface area contributed by atoms with Crippen LogP contribution in [0.3, 0.4) is 0 Å². The largest absolute Gasteiger partial charge is 0.445 e. The van der Waals surface area contributed by atoms with Gasteiger partial charge in [-0.25, -0.2) is 9.86 Å². The number of hydroxylamine groups is 2. The van der Waals surface area contributed by atoms with Gasteiger partial charge in [0, 0.05) is 33.5 Å². The summed E-state index contributed by atoms with van der Waals surface area (Å²) in [6, 6.07) is 5.07. The Morgan fingerprint density at radius 1 is 1.23 bits per heavy atom. The van der Waals surface area contributed by atoms with Crippen molar-refractivity contribution in [2.24, 2.45) is 0 Å². The summed E-state index contributed by atoms with van der Waals surface area (Å²) in [5.74, 6) is -2.51. The van der Waals surface area contributed by atoms with Gasteiger partial charge in [0.2, 0.25) is 11.5 Å². The Labute approximate surface area is 191 Å². The first kappa shape index (κ1) is 23.8. The van der Waals surface area contributed by atoms with Gasteiger partial charge in [0.05, 0.1) is 42.5 Å². The average molecular weight is 473 g/mol. The fourth-order valence-corrected chi connectivity index (χ4v) is 3.47. The van der Waals surface area contributed by atoms with Gasteiger partial charge in [0.25, 0.3) is 5.91 Å². The standard InChI is InChI=1S/C21H26Cl2N2O6/c1-21(2)30-18(20(27)31-21)13-19(26)25(14-15-4-5-16(22)17(23)12-15)29-9-3-6-24-7-10-28-11-8-24/h4-5,12-13H,3,6-11,14H2,1-2H3. The minimum atomic E-state index is -1.11. The summed E-state index contributed by atoms with van der Waals surface area (Å²) < 4.78 is 15.8. The van der Waals surface area contributed by atoms with Gasteiger partial charge in [-0.1, -0.05) is 29.3 Å². The fourth-order valence-electron chi connectivity index (χ4n) is 3.15. The SMILES string of the molecule is CC1(C)OC(=O)C(=CC(=O)N(Cc2ccc(Cl)c(Cl)c2)OCCCN2CCOCC2)O1. The molecule has 0 aliphatic carbocycles. The molecule has 0 aromatic heterocycles. The number of carbonyl (C=O) groups excluding carboxylic acids is 2. The second kappa shape index (κ2) is 10.7. The molecular formula is C21H26Cl2N2O6. The van der Waals surface area contributed by atoms with Gasteiger partial charge in [-0.05, 0) is 24.1 Å². The van der Waals surface area contributed by atoms with Crippen molar-refractivity contribution >= 4 is 35.1 Å². The summed E-state index contributed by atoms with van der Waals surface area (Å²) in [6.45, 7) is 7.67. The molecule has 2 fully saturated rings. The zero-order valence-electron chi connectivity index (χ0n) is 17.6. The number of rotatable bonds is 8. The molecule has 0 spiro atoms. The van der Waals surface area contributed by atoms with E-state index in [2.05, 4.69) is 4.90 Å². The van der Waals surface area contributed by atoms with Crippen LogP contribution in [0, 0.1) is 0 Å². The Kier molecular flexibility index (Phi) is 8.18. The fraction of sp³-hybridized carbons (Fsp3) is 0.524. The van der Waals surface area contributed by atoms with Crippen molar-refractivity contribution < 1.29 is 28.6 Å². The highest BCUT2D eigenvalue weighted by Crippen LogP contribution is 2.27. The number of morpholine rings is 1. The Morgan fingerprint density at radius 3 is 2.61 bits per heavy atom. The molecule has 2 aliphatic rings. The van der Waals surface area contributed by atoms with Crippen LogP contribution in [0.15, 0.2) is 30.0 Å². The molecule has 3 rings (SSSR count). The predicted molar refractivity (Wildman–Crippen MR) is 114 cm³/mol. The number of esters is 1. The molecule has 31 heavy (non-hydrogen) atoms. The first-order chi connectivity index (χ1) is 14.7. The van der Waals surface area contributed by atoms with Crippen LogP contribution < -0.4 is 0 Å². The van der Waals surface area contributed by atoms with E-state index in [9.17, 15) is 9.59 Å². The highest BCUT2D eigenvalue weighted by atomic mass is 35.5. The molecule has 1 amide bonds. The highest BCUT2D eigenvalue weighted by Gasteiger charge is 2.38. The van der Waals surface area contributed by atoms with Gasteiger partial charge in [0.15, 0.2) is 0 Å². The van der Waals surface area contributed by atoms with Crippen molar-refractivity contribution in [1.82, 2.24) is 9.96 Å². The van der Waals surface area contributed by atoms with Crippen LogP contribution in [-0.4, -0.2) is 67.1 Å². The first-order valence-electron chi connectivity index (χ1n) is 10.1. The van der Waals surface area contributed by atoms with Gasteiger partial charge in [0.1, 0.15) is 0 Å². The average Bonchev–Trinajstić information content (AvgIpc) is 2.98. The number of ether oxygens (including phenoxy) is 3. The predicted octanol–water partition coefficient (Wildman–Crippen LogP) is 3.17. The molecular weight excluding hydrogens is 447 g/mol. The molecule has 0 N–H and O–H groups in total. The van der Waals surface area contributed by atoms with Gasteiger partial charge in [-0.15, -0.1) is 0 Å². The minimum absolute atomic E-state index is 0.121. The van der Waals surface area contributed by atoms with Crippen molar-refractivity contribution in [1.29, 1.82) is 0 Å². The van der Waals surface area contributed by atoms with Crippen molar-refractivity contribution in [3.8, 4) is 0 Å². The normalized spacial score (nSPS) is 19.9. The number of amides is 1. The Morgan fingerprint density at radius 2 is 1.97 bits per heavy atom. The highest BCUT2D eigenvalue weighted by molar-refractivity contribution is 6.42. The number of halogens is 2. The van der Waals surface area contributed by atoms with E-state index in [-0.39, 0.29) is 12.3 Å². The summed E-state index contributed by atoms with van der Waals surface area (Å²) in [7, 11) is 0. The molecule has 0 saturated carbocycles. The van der Waals surface area contributed by atoms with E-state index in [4.69, 9.17) is 42.3 Å². The number of hydrogen-bond donors (Lipinski definition) is 0. The molecule has 2 saturated heterocycles. The number of cyclic esters (lactones) is 1. The minimum Gasteiger partial charge on any atom is -0.445 e. The zero-order valence-corrected chi connectivity index (χ0v) is 19.1. The molecule has 0 unspecified atom stereocenters. The summed E-state index contributed by atoms with van der Waals surface area (Å²) in [6.07, 6.45) is 1.81.